The van der Waals surface area contributed by atoms with Crippen LogP contribution in [-0.2, 0) is 28.0 Å². The molecule has 2 amide bonds. The minimum absolute atomic E-state index is 0.00635. The van der Waals surface area contributed by atoms with Crippen LogP contribution in [0.3, 0.4) is 0 Å². The number of carbonyl (C=O) groups excluding carboxylic acids is 2. The molecule has 162 valence electrons. The predicted molar refractivity (Wildman–Crippen MR) is 123 cm³/mol. The Morgan fingerprint density at radius 1 is 1.03 bits per heavy atom. The van der Waals surface area contributed by atoms with E-state index in [0.29, 0.717) is 25.8 Å². The lowest BCUT2D eigenvalue weighted by Crippen LogP contribution is -2.48. The van der Waals surface area contributed by atoms with Crippen LogP contribution >= 0.6 is 0 Å². The van der Waals surface area contributed by atoms with Crippen molar-refractivity contribution in [2.24, 2.45) is 0 Å². The molecule has 1 atom stereocenters. The maximum absolute atomic E-state index is 13.2. The van der Waals surface area contributed by atoms with Crippen molar-refractivity contribution >= 4 is 11.8 Å². The van der Waals surface area contributed by atoms with E-state index < -0.39 is 6.04 Å². The molecule has 0 aliphatic carbocycles. The van der Waals surface area contributed by atoms with Gasteiger partial charge in [0.15, 0.2) is 0 Å². The molecule has 4 nitrogen and oxygen atoms in total. The average Bonchev–Trinajstić information content (AvgIpc) is 2.71. The van der Waals surface area contributed by atoms with Gasteiger partial charge < -0.3 is 10.2 Å². The molecule has 0 fully saturated rings. The fraction of sp³-hybridized carbons (Fsp3) is 0.462. The van der Waals surface area contributed by atoms with Crippen molar-refractivity contribution in [3.8, 4) is 0 Å². The first kappa shape index (κ1) is 23.7. The molecule has 0 aliphatic rings. The van der Waals surface area contributed by atoms with Gasteiger partial charge in [-0.15, -0.1) is 0 Å². The summed E-state index contributed by atoms with van der Waals surface area (Å²) in [6.45, 7) is 11.0. The fourth-order valence-electron chi connectivity index (χ4n) is 3.66. The van der Waals surface area contributed by atoms with Crippen molar-refractivity contribution in [3.63, 3.8) is 0 Å². The largest absolute Gasteiger partial charge is 0.357 e. The van der Waals surface area contributed by atoms with Gasteiger partial charge in [0.1, 0.15) is 6.04 Å². The SMILES string of the molecule is CC[C@H](C(=O)NC)N(Cc1cccc(C)c1)C(=O)CCc1ccc(C(C)(C)C)cc1. The van der Waals surface area contributed by atoms with Crippen LogP contribution in [0.1, 0.15) is 62.8 Å². The molecule has 2 aromatic carbocycles. The Hall–Kier alpha value is -2.62. The summed E-state index contributed by atoms with van der Waals surface area (Å²) < 4.78 is 0. The van der Waals surface area contributed by atoms with Gasteiger partial charge in [-0.25, -0.2) is 0 Å². The molecule has 0 spiro atoms. The standard InChI is InChI=1S/C26H36N2O2/c1-7-23(25(30)27-6)28(18-21-10-8-9-19(2)17-21)24(29)16-13-20-11-14-22(15-12-20)26(3,4)5/h8-12,14-15,17,23H,7,13,16,18H2,1-6H3,(H,27,30)/t23-/m1/s1. The van der Waals surface area contributed by atoms with E-state index in [1.54, 1.807) is 11.9 Å². The van der Waals surface area contributed by atoms with Crippen LogP contribution in [0, 0.1) is 6.92 Å². The molecule has 0 saturated carbocycles. The average molecular weight is 409 g/mol. The van der Waals surface area contributed by atoms with Crippen molar-refractivity contribution in [1.29, 1.82) is 0 Å². The van der Waals surface area contributed by atoms with Gasteiger partial charge in [0, 0.05) is 20.0 Å². The van der Waals surface area contributed by atoms with E-state index in [0.717, 1.165) is 16.7 Å². The van der Waals surface area contributed by atoms with Crippen LogP contribution in [0.4, 0.5) is 0 Å². The van der Waals surface area contributed by atoms with Crippen molar-refractivity contribution in [2.75, 3.05) is 7.05 Å². The van der Waals surface area contributed by atoms with Crippen LogP contribution in [0.5, 0.6) is 0 Å². The molecule has 1 N–H and O–H groups in total. The first-order chi connectivity index (χ1) is 14.2. The van der Waals surface area contributed by atoms with Crippen LogP contribution in [0.25, 0.3) is 0 Å². The number of likely N-dealkylation sites (N-methyl/N-ethyl adjacent to an activating group) is 1. The van der Waals surface area contributed by atoms with Crippen LogP contribution < -0.4 is 5.32 Å². The highest BCUT2D eigenvalue weighted by atomic mass is 16.2. The lowest BCUT2D eigenvalue weighted by molar-refractivity contribution is -0.141. The van der Waals surface area contributed by atoms with E-state index in [1.165, 1.54) is 5.56 Å². The summed E-state index contributed by atoms with van der Waals surface area (Å²) >= 11 is 0. The molecular weight excluding hydrogens is 372 g/mol. The Labute approximate surface area is 181 Å². The topological polar surface area (TPSA) is 49.4 Å². The Bertz CT molecular complexity index is 850. The van der Waals surface area contributed by atoms with E-state index in [2.05, 4.69) is 56.4 Å². The minimum atomic E-state index is -0.466. The van der Waals surface area contributed by atoms with E-state index >= 15 is 0 Å². The monoisotopic (exact) mass is 408 g/mol. The number of nitrogens with zero attached hydrogens (tertiary/aromatic N) is 1. The molecule has 0 aliphatic heterocycles. The molecule has 0 radical (unpaired) electrons. The van der Waals surface area contributed by atoms with E-state index in [4.69, 9.17) is 0 Å². The van der Waals surface area contributed by atoms with Gasteiger partial charge in [0.25, 0.3) is 0 Å². The second-order valence-electron chi connectivity index (χ2n) is 9.00. The third-order valence-electron chi connectivity index (χ3n) is 5.52. The first-order valence-electron chi connectivity index (χ1n) is 10.8. The Morgan fingerprint density at radius 2 is 1.70 bits per heavy atom. The van der Waals surface area contributed by atoms with Crippen LogP contribution in [0.15, 0.2) is 48.5 Å². The van der Waals surface area contributed by atoms with Crippen molar-refractivity contribution in [2.45, 2.75) is 71.9 Å². The second-order valence-corrected chi connectivity index (χ2v) is 9.00. The van der Waals surface area contributed by atoms with Crippen molar-refractivity contribution in [1.82, 2.24) is 10.2 Å². The summed E-state index contributed by atoms with van der Waals surface area (Å²) in [6, 6.07) is 16.1. The van der Waals surface area contributed by atoms with Gasteiger partial charge in [0.05, 0.1) is 0 Å². The highest BCUT2D eigenvalue weighted by Gasteiger charge is 2.27. The third-order valence-corrected chi connectivity index (χ3v) is 5.52. The van der Waals surface area contributed by atoms with E-state index in [1.807, 2.05) is 32.0 Å². The Kier molecular flexibility index (Phi) is 8.22. The summed E-state index contributed by atoms with van der Waals surface area (Å²) in [6.07, 6.45) is 1.63. The molecule has 0 saturated heterocycles. The van der Waals surface area contributed by atoms with Crippen LogP contribution in [-0.4, -0.2) is 29.8 Å². The maximum Gasteiger partial charge on any atom is 0.242 e. The number of hydrogen-bond acceptors (Lipinski definition) is 2. The van der Waals surface area contributed by atoms with Crippen molar-refractivity contribution < 1.29 is 9.59 Å². The van der Waals surface area contributed by atoms with Gasteiger partial charge in [-0.05, 0) is 41.9 Å². The normalized spacial score (nSPS) is 12.3. The van der Waals surface area contributed by atoms with Gasteiger partial charge in [-0.2, -0.15) is 0 Å². The Morgan fingerprint density at radius 3 is 2.23 bits per heavy atom. The molecule has 0 unspecified atom stereocenters. The number of aryl methyl sites for hydroxylation is 2. The molecule has 4 heteroatoms. The van der Waals surface area contributed by atoms with Crippen molar-refractivity contribution in [3.05, 3.63) is 70.8 Å². The van der Waals surface area contributed by atoms with Gasteiger partial charge in [0.2, 0.25) is 11.8 Å². The zero-order valence-electron chi connectivity index (χ0n) is 19.3. The molecule has 2 aromatic rings. The molecule has 30 heavy (non-hydrogen) atoms. The number of rotatable bonds is 8. The second kappa shape index (κ2) is 10.4. The highest BCUT2D eigenvalue weighted by Crippen LogP contribution is 2.23. The lowest BCUT2D eigenvalue weighted by atomic mass is 9.86. The molecule has 2 rings (SSSR count). The van der Waals surface area contributed by atoms with Crippen LogP contribution in [0.2, 0.25) is 0 Å². The number of carbonyl (C=O) groups is 2. The molecule has 0 aromatic heterocycles. The first-order valence-corrected chi connectivity index (χ1v) is 10.8. The predicted octanol–water partition coefficient (Wildman–Crippen LogP) is 4.78. The Balaban J connectivity index is 2.16. The third kappa shape index (κ3) is 6.45. The molecule has 0 bridgehead atoms. The van der Waals surface area contributed by atoms with Gasteiger partial charge >= 0.3 is 0 Å². The van der Waals surface area contributed by atoms with E-state index in [9.17, 15) is 9.59 Å². The minimum Gasteiger partial charge on any atom is -0.357 e. The van der Waals surface area contributed by atoms with Gasteiger partial charge in [-0.1, -0.05) is 81.8 Å². The highest BCUT2D eigenvalue weighted by molar-refractivity contribution is 5.87. The van der Waals surface area contributed by atoms with Gasteiger partial charge in [-0.3, -0.25) is 9.59 Å². The zero-order valence-corrected chi connectivity index (χ0v) is 19.3. The number of hydrogen-bond donors (Lipinski definition) is 1. The summed E-state index contributed by atoms with van der Waals surface area (Å²) in [5.41, 5.74) is 4.72. The zero-order chi connectivity index (χ0) is 22.3. The summed E-state index contributed by atoms with van der Waals surface area (Å²) in [5, 5.41) is 2.71. The number of benzene rings is 2. The summed E-state index contributed by atoms with van der Waals surface area (Å²) in [4.78, 5) is 27.4. The molecular formula is C26H36N2O2. The number of nitrogens with one attached hydrogen (secondary N) is 1. The fourth-order valence-corrected chi connectivity index (χ4v) is 3.66. The lowest BCUT2D eigenvalue weighted by Gasteiger charge is -2.30. The summed E-state index contributed by atoms with van der Waals surface area (Å²) in [7, 11) is 1.62. The quantitative estimate of drug-likeness (QED) is 0.683. The van der Waals surface area contributed by atoms with E-state index in [-0.39, 0.29) is 17.2 Å². The molecule has 0 heterocycles. The maximum atomic E-state index is 13.2. The smallest absolute Gasteiger partial charge is 0.242 e. The number of amides is 2. The summed E-state index contributed by atoms with van der Waals surface area (Å²) in [5.74, 6) is -0.111.